The lowest BCUT2D eigenvalue weighted by Crippen LogP contribution is -2.53. The van der Waals surface area contributed by atoms with E-state index in [1.165, 1.54) is 11.1 Å². The molecule has 0 radical (unpaired) electrons. The second-order valence-electron chi connectivity index (χ2n) is 13.1. The lowest BCUT2D eigenvalue weighted by Gasteiger charge is -2.40. The van der Waals surface area contributed by atoms with Gasteiger partial charge in [0.1, 0.15) is 11.8 Å². The molecule has 0 aromatic heterocycles. The first-order valence-electron chi connectivity index (χ1n) is 16.1. The predicted molar refractivity (Wildman–Crippen MR) is 179 cm³/mol. The predicted octanol–water partition coefficient (Wildman–Crippen LogP) is 5.05. The van der Waals surface area contributed by atoms with E-state index in [0.29, 0.717) is 42.8 Å². The van der Waals surface area contributed by atoms with Gasteiger partial charge in [-0.25, -0.2) is 4.31 Å². The van der Waals surface area contributed by atoms with Crippen LogP contribution in [0.5, 0.6) is 0 Å². The van der Waals surface area contributed by atoms with Crippen LogP contribution in [0.3, 0.4) is 0 Å². The zero-order chi connectivity index (χ0) is 32.4. The number of benzene rings is 3. The van der Waals surface area contributed by atoms with Gasteiger partial charge in [0.05, 0.1) is 5.69 Å². The van der Waals surface area contributed by atoms with E-state index in [0.717, 1.165) is 54.3 Å². The first-order valence-corrected chi connectivity index (χ1v) is 17.0. The molecule has 2 atom stereocenters. The van der Waals surface area contributed by atoms with Crippen molar-refractivity contribution in [1.82, 2.24) is 14.9 Å². The van der Waals surface area contributed by atoms with Crippen LogP contribution in [0.15, 0.2) is 54.6 Å². The number of nitrogens with zero attached hydrogens (tertiary/aromatic N) is 2. The van der Waals surface area contributed by atoms with Gasteiger partial charge in [-0.05, 0) is 79.7 Å². The highest BCUT2D eigenvalue weighted by atomic mass is 32.2. The van der Waals surface area contributed by atoms with Crippen LogP contribution in [-0.2, 0) is 31.4 Å². The zero-order valence-electron chi connectivity index (χ0n) is 26.3. The lowest BCUT2D eigenvalue weighted by molar-refractivity contribution is -0.134. The van der Waals surface area contributed by atoms with E-state index in [1.807, 2.05) is 18.2 Å². The summed E-state index contributed by atoms with van der Waals surface area (Å²) in [5.74, 6) is 0.306. The van der Waals surface area contributed by atoms with Crippen LogP contribution in [0, 0.1) is 0 Å². The fraction of sp³-hybridized carbons (Fsp3) is 0.417. The smallest absolute Gasteiger partial charge is 0.259 e. The van der Waals surface area contributed by atoms with Crippen LogP contribution in [0.4, 0.5) is 5.69 Å². The molecule has 10 heteroatoms. The fourth-order valence-electron chi connectivity index (χ4n) is 7.19. The largest absolute Gasteiger partial charge is 0.359 e. The summed E-state index contributed by atoms with van der Waals surface area (Å²) in [5.41, 5.74) is 4.71. The summed E-state index contributed by atoms with van der Waals surface area (Å²) in [6.07, 6.45) is 4.83. The molecule has 2 N–H and O–H groups in total. The van der Waals surface area contributed by atoms with Gasteiger partial charge < -0.3 is 5.32 Å². The van der Waals surface area contributed by atoms with Gasteiger partial charge in [-0.3, -0.25) is 34.2 Å². The first-order chi connectivity index (χ1) is 22.2. The monoisotopic (exact) mass is 640 g/mol. The molecule has 3 heterocycles. The molecular weight excluding hydrogens is 600 g/mol. The Hall–Kier alpha value is -4.02. The third-order valence-corrected chi connectivity index (χ3v) is 11.0. The number of aryl methyl sites for hydroxylation is 1. The molecule has 2 unspecified atom stereocenters. The Morgan fingerprint density at radius 3 is 2.61 bits per heavy atom. The molecule has 2 saturated heterocycles. The molecule has 0 bridgehead atoms. The van der Waals surface area contributed by atoms with E-state index in [4.69, 9.17) is 0 Å². The number of rotatable bonds is 12. The number of hydrogen-bond donors (Lipinski definition) is 2. The molecule has 9 nitrogen and oxygen atoms in total. The van der Waals surface area contributed by atoms with Crippen LogP contribution in [-0.4, -0.2) is 58.9 Å². The van der Waals surface area contributed by atoms with Crippen LogP contribution in [0.2, 0.25) is 0 Å². The minimum absolute atomic E-state index is 0.112. The molecular formula is C36H40N4O5S. The zero-order valence-corrected chi connectivity index (χ0v) is 27.2. The summed E-state index contributed by atoms with van der Waals surface area (Å²) >= 11 is 1.79. The van der Waals surface area contributed by atoms with Gasteiger partial charge in [0.25, 0.3) is 5.91 Å². The van der Waals surface area contributed by atoms with E-state index in [9.17, 15) is 24.0 Å². The molecule has 240 valence electrons. The van der Waals surface area contributed by atoms with E-state index in [2.05, 4.69) is 59.1 Å². The highest BCUT2D eigenvalue weighted by Crippen LogP contribution is 2.43. The van der Waals surface area contributed by atoms with E-state index >= 15 is 0 Å². The van der Waals surface area contributed by atoms with Crippen molar-refractivity contribution in [3.63, 3.8) is 0 Å². The summed E-state index contributed by atoms with van der Waals surface area (Å²) in [6, 6.07) is 17.7. The van der Waals surface area contributed by atoms with Crippen LogP contribution in [0.25, 0.3) is 10.8 Å². The second-order valence-corrected chi connectivity index (χ2v) is 14.1. The fourth-order valence-corrected chi connectivity index (χ4v) is 8.31. The SMILES string of the molecule is CC1(C)CC(=O)CCN1SCc1cccc(CCC(CCNC=O)c2ccc3c4c(cccc24)C(=O)N3C2CCC(=O)NC2=O)c1. The molecule has 0 spiro atoms. The minimum Gasteiger partial charge on any atom is -0.359 e. The molecule has 2 fully saturated rings. The Bertz CT molecular complexity index is 1700. The maximum atomic E-state index is 13.6. The quantitative estimate of drug-likeness (QED) is 0.123. The Balaban J connectivity index is 1.22. The van der Waals surface area contributed by atoms with Crippen LogP contribution < -0.4 is 15.5 Å². The lowest BCUT2D eigenvalue weighted by atomic mass is 9.85. The third kappa shape index (κ3) is 6.46. The van der Waals surface area contributed by atoms with Gasteiger partial charge in [0.15, 0.2) is 0 Å². The number of anilines is 1. The summed E-state index contributed by atoms with van der Waals surface area (Å²) < 4.78 is 2.35. The number of carbonyl (C=O) groups is 5. The Morgan fingerprint density at radius 2 is 1.83 bits per heavy atom. The van der Waals surface area contributed by atoms with Crippen molar-refractivity contribution >= 4 is 58.3 Å². The van der Waals surface area contributed by atoms with Gasteiger partial charge >= 0.3 is 0 Å². The van der Waals surface area contributed by atoms with Crippen molar-refractivity contribution in [3.8, 4) is 0 Å². The number of imide groups is 1. The van der Waals surface area contributed by atoms with E-state index < -0.39 is 11.9 Å². The number of piperidine rings is 2. The summed E-state index contributed by atoms with van der Waals surface area (Å²) in [5, 5.41) is 7.02. The molecule has 46 heavy (non-hydrogen) atoms. The average molecular weight is 641 g/mol. The van der Waals surface area contributed by atoms with Crippen molar-refractivity contribution < 1.29 is 24.0 Å². The summed E-state index contributed by atoms with van der Waals surface area (Å²) in [4.78, 5) is 62.8. The summed E-state index contributed by atoms with van der Waals surface area (Å²) in [6.45, 7) is 5.58. The van der Waals surface area contributed by atoms with Gasteiger partial charge in [-0.15, -0.1) is 0 Å². The Morgan fingerprint density at radius 1 is 1.02 bits per heavy atom. The molecule has 0 aliphatic carbocycles. The number of carbonyl (C=O) groups excluding carboxylic acids is 5. The normalized spacial score (nSPS) is 20.2. The topological polar surface area (TPSA) is 116 Å². The van der Waals surface area contributed by atoms with Crippen LogP contribution >= 0.6 is 11.9 Å². The van der Waals surface area contributed by atoms with Crippen molar-refractivity contribution in [1.29, 1.82) is 0 Å². The first kappa shape index (κ1) is 31.9. The number of nitrogens with one attached hydrogen (secondary N) is 2. The van der Waals surface area contributed by atoms with E-state index in [-0.39, 0.29) is 29.7 Å². The van der Waals surface area contributed by atoms with Gasteiger partial charge in [-0.2, -0.15) is 0 Å². The van der Waals surface area contributed by atoms with Crippen molar-refractivity contribution in [2.45, 2.75) is 82.0 Å². The third-order valence-electron chi connectivity index (χ3n) is 9.50. The maximum absolute atomic E-state index is 13.6. The van der Waals surface area contributed by atoms with Gasteiger partial charge in [-0.1, -0.05) is 54.4 Å². The molecule has 4 amide bonds. The molecule has 3 aromatic carbocycles. The van der Waals surface area contributed by atoms with Gasteiger partial charge in [0, 0.05) is 54.6 Å². The molecule has 3 aliphatic rings. The highest BCUT2D eigenvalue weighted by Gasteiger charge is 2.41. The molecule has 3 aliphatic heterocycles. The average Bonchev–Trinajstić information content (AvgIpc) is 3.31. The second kappa shape index (κ2) is 13.4. The van der Waals surface area contributed by atoms with Crippen LogP contribution in [0.1, 0.15) is 85.3 Å². The highest BCUT2D eigenvalue weighted by molar-refractivity contribution is 7.96. The van der Waals surface area contributed by atoms with Crippen molar-refractivity contribution in [2.75, 3.05) is 18.0 Å². The molecule has 6 rings (SSSR count). The standard InChI is InChI=1S/C36H40N4O5S/c1-36(2)20-26(42)16-18-39(36)46-21-24-6-3-5-23(19-24)9-10-25(15-17-37-22-41)27-11-12-30-33-28(27)7-4-8-29(33)35(45)40(30)31-13-14-32(43)38-34(31)44/h3-8,11-12,19,22,25,31H,9-10,13-18,20-21H2,1-2H3,(H,37,41)(H,38,43,44). The minimum atomic E-state index is -0.729. The van der Waals surface area contributed by atoms with Crippen molar-refractivity contribution in [3.05, 3.63) is 76.9 Å². The Labute approximate surface area is 273 Å². The van der Waals surface area contributed by atoms with Crippen molar-refractivity contribution in [2.24, 2.45) is 0 Å². The summed E-state index contributed by atoms with van der Waals surface area (Å²) in [7, 11) is 0. The molecule has 0 saturated carbocycles. The van der Waals surface area contributed by atoms with E-state index in [1.54, 1.807) is 22.9 Å². The number of amides is 4. The number of hydrogen-bond acceptors (Lipinski definition) is 7. The number of Topliss-reactive ketones (excluding diaryl/α,β-unsaturated/α-hetero) is 1. The van der Waals surface area contributed by atoms with Gasteiger partial charge in [0.2, 0.25) is 18.2 Å². The molecule has 3 aromatic rings. The number of ketones is 1. The maximum Gasteiger partial charge on any atom is 0.259 e. The Kier molecular flexibility index (Phi) is 9.29.